The molecule has 90 valence electrons. The van der Waals surface area contributed by atoms with E-state index in [1.807, 2.05) is 5.38 Å². The SMILES string of the molecule is NCCc1csc(NCc2ccc(F)cc2)n1. The highest BCUT2D eigenvalue weighted by Crippen LogP contribution is 2.16. The third-order valence-electron chi connectivity index (χ3n) is 2.31. The lowest BCUT2D eigenvalue weighted by Crippen LogP contribution is -2.03. The predicted octanol–water partition coefficient (Wildman–Crippen LogP) is 2.40. The number of hydrogen-bond acceptors (Lipinski definition) is 4. The largest absolute Gasteiger partial charge is 0.357 e. The van der Waals surface area contributed by atoms with Gasteiger partial charge in [-0.15, -0.1) is 11.3 Å². The molecule has 3 N–H and O–H groups in total. The lowest BCUT2D eigenvalue weighted by molar-refractivity contribution is 0.627. The number of rotatable bonds is 5. The van der Waals surface area contributed by atoms with E-state index in [9.17, 15) is 4.39 Å². The van der Waals surface area contributed by atoms with E-state index in [0.29, 0.717) is 13.1 Å². The molecule has 5 heteroatoms. The van der Waals surface area contributed by atoms with Crippen molar-refractivity contribution in [2.45, 2.75) is 13.0 Å². The number of hydrogen-bond donors (Lipinski definition) is 2. The van der Waals surface area contributed by atoms with Crippen molar-refractivity contribution < 1.29 is 4.39 Å². The molecular formula is C12H14FN3S. The molecule has 0 saturated carbocycles. The molecule has 0 fully saturated rings. The third kappa shape index (κ3) is 3.51. The Bertz CT molecular complexity index is 467. The molecule has 0 atom stereocenters. The van der Waals surface area contributed by atoms with E-state index in [2.05, 4.69) is 10.3 Å². The Morgan fingerprint density at radius 2 is 2.06 bits per heavy atom. The van der Waals surface area contributed by atoms with Crippen molar-refractivity contribution in [2.75, 3.05) is 11.9 Å². The average Bonchev–Trinajstić information content (AvgIpc) is 2.77. The van der Waals surface area contributed by atoms with E-state index >= 15 is 0 Å². The van der Waals surface area contributed by atoms with E-state index in [1.165, 1.54) is 12.1 Å². The van der Waals surface area contributed by atoms with Gasteiger partial charge in [0, 0.05) is 18.3 Å². The summed E-state index contributed by atoms with van der Waals surface area (Å²) in [6.45, 7) is 1.26. The number of benzene rings is 1. The molecule has 0 aliphatic heterocycles. The van der Waals surface area contributed by atoms with Crippen LogP contribution in [0.2, 0.25) is 0 Å². The third-order valence-corrected chi connectivity index (χ3v) is 3.16. The molecule has 0 aliphatic rings. The van der Waals surface area contributed by atoms with Crippen molar-refractivity contribution >= 4 is 16.5 Å². The summed E-state index contributed by atoms with van der Waals surface area (Å²) < 4.78 is 12.7. The van der Waals surface area contributed by atoms with Crippen molar-refractivity contribution in [3.8, 4) is 0 Å². The van der Waals surface area contributed by atoms with Crippen LogP contribution in [0.5, 0.6) is 0 Å². The van der Waals surface area contributed by atoms with E-state index in [4.69, 9.17) is 5.73 Å². The van der Waals surface area contributed by atoms with Gasteiger partial charge in [0.2, 0.25) is 0 Å². The van der Waals surface area contributed by atoms with E-state index in [-0.39, 0.29) is 5.82 Å². The number of aromatic nitrogens is 1. The standard InChI is InChI=1S/C12H14FN3S/c13-10-3-1-9(2-4-10)7-15-12-16-11(5-6-14)8-17-12/h1-4,8H,5-7,14H2,(H,15,16). The van der Waals surface area contributed by atoms with Crippen molar-refractivity contribution in [2.24, 2.45) is 5.73 Å². The smallest absolute Gasteiger partial charge is 0.183 e. The topological polar surface area (TPSA) is 50.9 Å². The minimum atomic E-state index is -0.215. The molecule has 0 saturated heterocycles. The summed E-state index contributed by atoms with van der Waals surface area (Å²) in [4.78, 5) is 4.39. The summed E-state index contributed by atoms with van der Waals surface area (Å²) in [5, 5.41) is 6.08. The highest BCUT2D eigenvalue weighted by Gasteiger charge is 2.01. The number of nitrogens with one attached hydrogen (secondary N) is 1. The summed E-state index contributed by atoms with van der Waals surface area (Å²) in [6.07, 6.45) is 0.800. The van der Waals surface area contributed by atoms with Crippen LogP contribution < -0.4 is 11.1 Å². The normalized spacial score (nSPS) is 10.5. The zero-order valence-electron chi connectivity index (χ0n) is 9.32. The van der Waals surface area contributed by atoms with Crippen LogP contribution in [0.4, 0.5) is 9.52 Å². The first-order chi connectivity index (χ1) is 8.28. The van der Waals surface area contributed by atoms with Gasteiger partial charge in [-0.3, -0.25) is 0 Å². The number of nitrogens with two attached hydrogens (primary N) is 1. The Morgan fingerprint density at radius 1 is 1.29 bits per heavy atom. The molecule has 1 heterocycles. The number of thiazole rings is 1. The van der Waals surface area contributed by atoms with Crippen LogP contribution in [0.3, 0.4) is 0 Å². The molecule has 0 unspecified atom stereocenters. The second kappa shape index (κ2) is 5.75. The first kappa shape index (κ1) is 12.0. The van der Waals surface area contributed by atoms with Gasteiger partial charge in [0.25, 0.3) is 0 Å². The molecule has 2 aromatic rings. The summed E-state index contributed by atoms with van der Waals surface area (Å²) in [7, 11) is 0. The second-order valence-corrected chi connectivity index (χ2v) is 4.52. The zero-order valence-corrected chi connectivity index (χ0v) is 10.1. The maximum absolute atomic E-state index is 12.7. The van der Waals surface area contributed by atoms with Crippen molar-refractivity contribution in [3.05, 3.63) is 46.7 Å². The maximum Gasteiger partial charge on any atom is 0.183 e. The quantitative estimate of drug-likeness (QED) is 0.858. The second-order valence-electron chi connectivity index (χ2n) is 3.66. The highest BCUT2D eigenvalue weighted by atomic mass is 32.1. The Morgan fingerprint density at radius 3 is 2.76 bits per heavy atom. The van der Waals surface area contributed by atoms with Gasteiger partial charge in [-0.05, 0) is 24.2 Å². The van der Waals surface area contributed by atoms with E-state index in [0.717, 1.165) is 22.8 Å². The average molecular weight is 251 g/mol. The predicted molar refractivity (Wildman–Crippen MR) is 68.6 cm³/mol. The molecule has 0 spiro atoms. The van der Waals surface area contributed by atoms with Crippen molar-refractivity contribution in [1.29, 1.82) is 0 Å². The molecule has 0 aliphatic carbocycles. The molecule has 1 aromatic carbocycles. The monoisotopic (exact) mass is 251 g/mol. The number of halogens is 1. The van der Waals surface area contributed by atoms with Crippen LogP contribution in [0.15, 0.2) is 29.6 Å². The van der Waals surface area contributed by atoms with Gasteiger partial charge in [0.1, 0.15) is 5.82 Å². The zero-order chi connectivity index (χ0) is 12.1. The van der Waals surface area contributed by atoms with Gasteiger partial charge in [0.15, 0.2) is 5.13 Å². The Hall–Kier alpha value is -1.46. The lowest BCUT2D eigenvalue weighted by atomic mass is 10.2. The van der Waals surface area contributed by atoms with Crippen molar-refractivity contribution in [3.63, 3.8) is 0 Å². The Labute approximate surface area is 103 Å². The van der Waals surface area contributed by atoms with Crippen LogP contribution in [-0.2, 0) is 13.0 Å². The van der Waals surface area contributed by atoms with Crippen LogP contribution in [0.25, 0.3) is 0 Å². The van der Waals surface area contributed by atoms with Gasteiger partial charge in [-0.1, -0.05) is 12.1 Å². The molecular weight excluding hydrogens is 237 g/mol. The molecule has 17 heavy (non-hydrogen) atoms. The number of anilines is 1. The van der Waals surface area contributed by atoms with Crippen LogP contribution >= 0.6 is 11.3 Å². The molecule has 0 bridgehead atoms. The maximum atomic E-state index is 12.7. The van der Waals surface area contributed by atoms with Gasteiger partial charge in [0.05, 0.1) is 5.69 Å². The minimum absolute atomic E-state index is 0.215. The van der Waals surface area contributed by atoms with Gasteiger partial charge in [-0.2, -0.15) is 0 Å². The molecule has 0 radical (unpaired) electrons. The molecule has 3 nitrogen and oxygen atoms in total. The fraction of sp³-hybridized carbons (Fsp3) is 0.250. The summed E-state index contributed by atoms with van der Waals surface area (Å²) >= 11 is 1.56. The first-order valence-electron chi connectivity index (χ1n) is 5.40. The highest BCUT2D eigenvalue weighted by molar-refractivity contribution is 7.13. The lowest BCUT2D eigenvalue weighted by Gasteiger charge is -2.02. The molecule has 2 rings (SSSR count). The Balaban J connectivity index is 1.90. The molecule has 0 amide bonds. The van der Waals surface area contributed by atoms with Crippen LogP contribution in [0, 0.1) is 5.82 Å². The fourth-order valence-electron chi connectivity index (χ4n) is 1.43. The van der Waals surface area contributed by atoms with E-state index < -0.39 is 0 Å². The van der Waals surface area contributed by atoms with Gasteiger partial charge < -0.3 is 11.1 Å². The Kier molecular flexibility index (Phi) is 4.06. The van der Waals surface area contributed by atoms with Crippen LogP contribution in [-0.4, -0.2) is 11.5 Å². The van der Waals surface area contributed by atoms with E-state index in [1.54, 1.807) is 23.5 Å². The minimum Gasteiger partial charge on any atom is -0.357 e. The molecule has 1 aromatic heterocycles. The van der Waals surface area contributed by atoms with Crippen LogP contribution in [0.1, 0.15) is 11.3 Å². The van der Waals surface area contributed by atoms with Gasteiger partial charge >= 0.3 is 0 Å². The summed E-state index contributed by atoms with van der Waals surface area (Å²) in [5.41, 5.74) is 7.50. The summed E-state index contributed by atoms with van der Waals surface area (Å²) in [5.74, 6) is -0.215. The van der Waals surface area contributed by atoms with Gasteiger partial charge in [-0.25, -0.2) is 9.37 Å². The first-order valence-corrected chi connectivity index (χ1v) is 6.28. The fourth-order valence-corrected chi connectivity index (χ4v) is 2.17. The van der Waals surface area contributed by atoms with Crippen molar-refractivity contribution in [1.82, 2.24) is 4.98 Å². The summed E-state index contributed by atoms with van der Waals surface area (Å²) in [6, 6.07) is 6.44. The number of nitrogens with zero attached hydrogens (tertiary/aromatic N) is 1.